The molecule has 10 nitrogen and oxygen atoms in total. The summed E-state index contributed by atoms with van der Waals surface area (Å²) in [7, 11) is 0. The Hall–Kier alpha value is -10.2. The molecule has 0 aliphatic heterocycles. The molecule has 0 fully saturated rings. The minimum atomic E-state index is -1.26. The molecule has 0 spiro atoms. The Morgan fingerprint density at radius 2 is 0.750 bits per heavy atom. The van der Waals surface area contributed by atoms with Crippen molar-refractivity contribution in [2.45, 2.75) is 19.3 Å². The summed E-state index contributed by atoms with van der Waals surface area (Å²) in [4.78, 5) is 42.8. The standard InChI is InChI=1S/C67H46N4O6S3/c1-43(36-61-32-35-64(80-61)52-18-6-48(7-19-52)39-55(42-70)67(76)77)49-20-26-58(27-21-49)71(56-22-8-44(9-23-56)12-28-59-30-33-62(78-59)50-14-2-46(3-15-50)37-53(40-68)65(72)73)57-24-10-45(11-25-57)13-29-60-31-34-63(79-60)51-16-4-47(5-17-51)38-54(41-69)66(74)75/h2-35,37-39,43H,36H2,1H3,(H,72,73)(H,74,75)(H,76,77)/b28-12+,29-13+,53-37+,54-38+,55-39+. The van der Waals surface area contributed by atoms with Crippen LogP contribution >= 0.6 is 34.0 Å². The number of rotatable bonds is 19. The number of nitriles is 3. The van der Waals surface area contributed by atoms with Gasteiger partial charge in [0.25, 0.3) is 0 Å². The van der Waals surface area contributed by atoms with E-state index in [4.69, 9.17) is 15.8 Å². The number of hydrogen-bond acceptors (Lipinski definition) is 10. The molecule has 6 aromatic carbocycles. The highest BCUT2D eigenvalue weighted by molar-refractivity contribution is 7.16. The van der Waals surface area contributed by atoms with E-state index in [1.54, 1.807) is 76.5 Å². The topological polar surface area (TPSA) is 187 Å². The normalized spacial score (nSPS) is 12.2. The maximum absolute atomic E-state index is 11.3. The lowest BCUT2D eigenvalue weighted by atomic mass is 9.96. The minimum absolute atomic E-state index is 0.229. The molecule has 13 heteroatoms. The van der Waals surface area contributed by atoms with Crippen molar-refractivity contribution in [1.82, 2.24) is 0 Å². The third-order valence-electron chi connectivity index (χ3n) is 12.9. The zero-order valence-corrected chi connectivity index (χ0v) is 45.2. The number of benzene rings is 6. The van der Waals surface area contributed by atoms with E-state index < -0.39 is 17.9 Å². The summed E-state index contributed by atoms with van der Waals surface area (Å²) in [6, 6.07) is 65.8. The highest BCUT2D eigenvalue weighted by Crippen LogP contribution is 2.38. The first-order valence-electron chi connectivity index (χ1n) is 24.9. The van der Waals surface area contributed by atoms with Crippen molar-refractivity contribution in [3.63, 3.8) is 0 Å². The molecule has 388 valence electrons. The van der Waals surface area contributed by atoms with Gasteiger partial charge in [-0.3, -0.25) is 0 Å². The van der Waals surface area contributed by atoms with Crippen LogP contribution in [0.1, 0.15) is 60.9 Å². The highest BCUT2D eigenvalue weighted by atomic mass is 32.1. The molecular weight excluding hydrogens is 1050 g/mol. The molecule has 9 aromatic rings. The van der Waals surface area contributed by atoms with E-state index in [1.807, 2.05) is 48.5 Å². The third-order valence-corrected chi connectivity index (χ3v) is 16.3. The average Bonchev–Trinajstić information content (AvgIpc) is 4.28. The van der Waals surface area contributed by atoms with Crippen LogP contribution in [0.5, 0.6) is 0 Å². The number of hydrogen-bond donors (Lipinski definition) is 3. The van der Waals surface area contributed by atoms with Crippen molar-refractivity contribution >= 4 is 112 Å². The Balaban J connectivity index is 0.918. The molecule has 3 aromatic heterocycles. The smallest absolute Gasteiger partial charge is 0.346 e. The van der Waals surface area contributed by atoms with Crippen LogP contribution in [-0.4, -0.2) is 33.2 Å². The van der Waals surface area contributed by atoms with Crippen molar-refractivity contribution < 1.29 is 29.7 Å². The van der Waals surface area contributed by atoms with Crippen LogP contribution in [0.15, 0.2) is 199 Å². The van der Waals surface area contributed by atoms with Gasteiger partial charge in [-0.05, 0) is 166 Å². The Morgan fingerprint density at radius 1 is 0.425 bits per heavy atom. The predicted octanol–water partition coefficient (Wildman–Crippen LogP) is 17.0. The van der Waals surface area contributed by atoms with Gasteiger partial charge in [-0.1, -0.05) is 128 Å². The van der Waals surface area contributed by atoms with E-state index in [0.717, 1.165) is 75.7 Å². The average molecular weight is 1100 g/mol. The number of carboxylic acid groups (broad SMARTS) is 3. The first kappa shape index (κ1) is 54.6. The molecule has 0 aliphatic carbocycles. The van der Waals surface area contributed by atoms with Gasteiger partial charge in [0.1, 0.15) is 34.9 Å². The lowest BCUT2D eigenvalue weighted by Gasteiger charge is -2.26. The van der Waals surface area contributed by atoms with Crippen LogP contribution in [0.3, 0.4) is 0 Å². The molecule has 0 bridgehead atoms. The monoisotopic (exact) mass is 1100 g/mol. The molecule has 0 amide bonds. The Labute approximate surface area is 474 Å². The van der Waals surface area contributed by atoms with Gasteiger partial charge in [-0.25, -0.2) is 14.4 Å². The van der Waals surface area contributed by atoms with Gasteiger partial charge in [0.05, 0.1) is 0 Å². The van der Waals surface area contributed by atoms with E-state index in [1.165, 1.54) is 28.7 Å². The van der Waals surface area contributed by atoms with Crippen LogP contribution in [-0.2, 0) is 20.8 Å². The summed E-state index contributed by atoms with van der Waals surface area (Å²) in [5.41, 5.74) is 10.2. The minimum Gasteiger partial charge on any atom is -0.477 e. The number of aliphatic carboxylic acids is 3. The SMILES string of the molecule is CC(Cc1ccc(-c2ccc(/C=C(\C#N)C(=O)O)cc2)s1)c1ccc(N(c2ccc(/C=C/c3ccc(-c4ccc(/C=C(\C#N)C(=O)O)cc4)s3)cc2)c2ccc(/C=C/c3ccc(-c4ccc(/C=C(\C#N)C(=O)O)cc4)s3)cc2)cc1. The fraction of sp³-hybridized carbons (Fsp3) is 0.0448. The van der Waals surface area contributed by atoms with Crippen LogP contribution < -0.4 is 4.90 Å². The lowest BCUT2D eigenvalue weighted by Crippen LogP contribution is -2.10. The lowest BCUT2D eigenvalue weighted by molar-refractivity contribution is -0.133. The Morgan fingerprint density at radius 3 is 1.10 bits per heavy atom. The fourth-order valence-electron chi connectivity index (χ4n) is 8.64. The van der Waals surface area contributed by atoms with Gasteiger partial charge in [0, 0.05) is 46.3 Å². The fourth-order valence-corrected chi connectivity index (χ4v) is 11.6. The van der Waals surface area contributed by atoms with Gasteiger partial charge in [-0.2, -0.15) is 15.8 Å². The second kappa shape index (κ2) is 25.3. The first-order chi connectivity index (χ1) is 38.8. The molecule has 0 radical (unpaired) electrons. The molecule has 0 saturated carbocycles. The molecule has 0 saturated heterocycles. The molecule has 1 atom stereocenters. The number of nitrogens with zero attached hydrogens (tertiary/aromatic N) is 4. The molecule has 0 aliphatic rings. The van der Waals surface area contributed by atoms with Crippen molar-refractivity contribution in [3.05, 3.63) is 247 Å². The van der Waals surface area contributed by atoms with Crippen LogP contribution in [0, 0.1) is 34.0 Å². The molecule has 9 rings (SSSR count). The van der Waals surface area contributed by atoms with Crippen molar-refractivity contribution in [3.8, 4) is 49.5 Å². The van der Waals surface area contributed by atoms with Gasteiger partial charge in [0.2, 0.25) is 0 Å². The molecule has 1 unspecified atom stereocenters. The van der Waals surface area contributed by atoms with Gasteiger partial charge >= 0.3 is 17.9 Å². The van der Waals surface area contributed by atoms with Crippen molar-refractivity contribution in [2.75, 3.05) is 4.90 Å². The van der Waals surface area contributed by atoms with E-state index in [0.29, 0.717) is 16.7 Å². The van der Waals surface area contributed by atoms with Crippen LogP contribution in [0.4, 0.5) is 17.1 Å². The van der Waals surface area contributed by atoms with Crippen molar-refractivity contribution in [1.29, 1.82) is 15.8 Å². The first-order valence-corrected chi connectivity index (χ1v) is 27.4. The highest BCUT2D eigenvalue weighted by Gasteiger charge is 2.16. The van der Waals surface area contributed by atoms with E-state index in [-0.39, 0.29) is 22.6 Å². The largest absolute Gasteiger partial charge is 0.477 e. The third kappa shape index (κ3) is 13.7. The molecular formula is C67H46N4O6S3. The summed E-state index contributed by atoms with van der Waals surface area (Å²) in [6.07, 6.45) is 13.3. The van der Waals surface area contributed by atoms with Gasteiger partial charge in [0.15, 0.2) is 0 Å². The Bertz CT molecular complexity index is 3850. The zero-order valence-electron chi connectivity index (χ0n) is 42.7. The van der Waals surface area contributed by atoms with E-state index >= 15 is 0 Å². The number of thiophene rings is 3. The predicted molar refractivity (Wildman–Crippen MR) is 324 cm³/mol. The second-order valence-electron chi connectivity index (χ2n) is 18.3. The summed E-state index contributed by atoms with van der Waals surface area (Å²) in [5.74, 6) is -3.54. The van der Waals surface area contributed by atoms with Crippen LogP contribution in [0.25, 0.3) is 73.9 Å². The Kier molecular flexibility index (Phi) is 17.3. The molecule has 3 heterocycles. The number of carboxylic acids is 3. The zero-order chi connectivity index (χ0) is 56.1. The number of anilines is 3. The van der Waals surface area contributed by atoms with Crippen LogP contribution in [0.2, 0.25) is 0 Å². The molecule has 3 N–H and O–H groups in total. The van der Waals surface area contributed by atoms with Crippen molar-refractivity contribution in [2.24, 2.45) is 0 Å². The summed E-state index contributed by atoms with van der Waals surface area (Å²) in [6.45, 7) is 2.23. The maximum atomic E-state index is 11.3. The summed E-state index contributed by atoms with van der Waals surface area (Å²) in [5, 5.41) is 55.1. The van der Waals surface area contributed by atoms with Gasteiger partial charge in [-0.15, -0.1) is 34.0 Å². The maximum Gasteiger partial charge on any atom is 0.346 e. The quantitative estimate of drug-likeness (QED) is 0.0520. The summed E-state index contributed by atoms with van der Waals surface area (Å²) >= 11 is 5.01. The number of carbonyl (C=O) groups is 3. The second-order valence-corrected chi connectivity index (χ2v) is 21.7. The van der Waals surface area contributed by atoms with E-state index in [2.05, 4.69) is 145 Å². The molecule has 80 heavy (non-hydrogen) atoms. The summed E-state index contributed by atoms with van der Waals surface area (Å²) < 4.78 is 0. The van der Waals surface area contributed by atoms with E-state index in [9.17, 15) is 29.7 Å². The van der Waals surface area contributed by atoms with Gasteiger partial charge < -0.3 is 20.2 Å².